The Morgan fingerprint density at radius 2 is 0.860 bits per heavy atom. The van der Waals surface area contributed by atoms with Gasteiger partial charge in [-0.1, -0.05) is 189 Å². The van der Waals surface area contributed by atoms with Crippen LogP contribution in [0.25, 0.3) is 0 Å². The van der Waals surface area contributed by atoms with Crippen LogP contribution in [0, 0.1) is 0 Å². The minimum absolute atomic E-state index is 0.107. The smallest absolute Gasteiger partial charge is 0.306 e. The molecule has 0 saturated carbocycles. The minimum Gasteiger partial charge on any atom is -0.462 e. The number of hydrogen-bond acceptors (Lipinski definition) is 5. The maximum absolute atomic E-state index is 12.2. The zero-order valence-corrected chi connectivity index (χ0v) is 32.4. The van der Waals surface area contributed by atoms with Crippen molar-refractivity contribution < 1.29 is 24.2 Å². The van der Waals surface area contributed by atoms with Gasteiger partial charge in [-0.2, -0.15) is 0 Å². The second kappa shape index (κ2) is 40.8. The monoisotopic (exact) mass is 697 g/mol. The quantitative estimate of drug-likeness (QED) is 0.0401. The number of carbonyl (C=O) groups is 2. The van der Waals surface area contributed by atoms with Crippen LogP contribution in [0.1, 0.15) is 181 Å². The molecule has 0 fully saturated rings. The molecule has 50 heavy (non-hydrogen) atoms. The summed E-state index contributed by atoms with van der Waals surface area (Å²) in [6.45, 7) is 3.96. The van der Waals surface area contributed by atoms with Gasteiger partial charge in [0.15, 0.2) is 6.10 Å². The van der Waals surface area contributed by atoms with Gasteiger partial charge in [0.05, 0.1) is 6.61 Å². The Labute approximate surface area is 308 Å². The number of carbonyl (C=O) groups excluding carboxylic acids is 2. The van der Waals surface area contributed by atoms with E-state index in [1.54, 1.807) is 0 Å². The molecule has 5 nitrogen and oxygen atoms in total. The summed E-state index contributed by atoms with van der Waals surface area (Å²) in [5.41, 5.74) is 0. The molecule has 0 aliphatic carbocycles. The molecule has 0 aliphatic rings. The summed E-state index contributed by atoms with van der Waals surface area (Å²) in [5, 5.41) is 9.56. The van der Waals surface area contributed by atoms with Crippen molar-refractivity contribution in [3.63, 3.8) is 0 Å². The Bertz CT molecular complexity index is 926. The second-order valence-electron chi connectivity index (χ2n) is 13.3. The summed E-state index contributed by atoms with van der Waals surface area (Å²) in [6.07, 6.45) is 54.0. The van der Waals surface area contributed by atoms with E-state index in [-0.39, 0.29) is 31.6 Å². The molecule has 0 aromatic carbocycles. The number of aliphatic hydroxyl groups excluding tert-OH is 1. The van der Waals surface area contributed by atoms with Gasteiger partial charge >= 0.3 is 11.9 Å². The highest BCUT2D eigenvalue weighted by atomic mass is 16.6. The number of allylic oxidation sites excluding steroid dienone is 12. The number of rotatable bonds is 36. The standard InChI is InChI=1S/C45H76O5/c1-3-5-7-9-11-13-15-17-19-21-22-24-25-27-29-31-33-35-37-39-44(47)49-42-43(41-46)50-45(48)40-38-36-34-32-30-28-26-23-20-18-16-14-12-10-8-6-4-2/h5,7,11,13,17,19,22,24,27,29,33,35,43,46H,3-4,6,8-10,12,14-16,18,20-21,23,25-26,28,30-32,34,36-42H2,1-2H3/b7-5+,13-11+,19-17+,24-22+,29-27+,35-33+/t43-/m0/s1. The molecule has 286 valence electrons. The van der Waals surface area contributed by atoms with Crippen molar-refractivity contribution in [3.8, 4) is 0 Å². The highest BCUT2D eigenvalue weighted by Crippen LogP contribution is 2.14. The molecule has 0 aliphatic heterocycles. The fourth-order valence-electron chi connectivity index (χ4n) is 5.46. The van der Waals surface area contributed by atoms with Crippen LogP contribution in [0.15, 0.2) is 72.9 Å². The fourth-order valence-corrected chi connectivity index (χ4v) is 5.46. The molecule has 0 aromatic rings. The summed E-state index contributed by atoms with van der Waals surface area (Å²) in [5.74, 6) is -0.689. The molecule has 5 heteroatoms. The molecule has 0 heterocycles. The van der Waals surface area contributed by atoms with E-state index in [0.717, 1.165) is 57.8 Å². The van der Waals surface area contributed by atoms with E-state index in [4.69, 9.17) is 9.47 Å². The summed E-state index contributed by atoms with van der Waals surface area (Å²) in [7, 11) is 0. The van der Waals surface area contributed by atoms with E-state index in [9.17, 15) is 14.7 Å². The maximum Gasteiger partial charge on any atom is 0.306 e. The Kier molecular flexibility index (Phi) is 38.6. The lowest BCUT2D eigenvalue weighted by Gasteiger charge is -2.15. The molecular weight excluding hydrogens is 620 g/mol. The van der Waals surface area contributed by atoms with Crippen LogP contribution < -0.4 is 0 Å². The normalized spacial score (nSPS) is 12.9. The Balaban J connectivity index is 3.68. The number of esters is 2. The van der Waals surface area contributed by atoms with Gasteiger partial charge < -0.3 is 14.6 Å². The molecule has 0 radical (unpaired) electrons. The first-order chi connectivity index (χ1) is 24.6. The largest absolute Gasteiger partial charge is 0.462 e. The van der Waals surface area contributed by atoms with Crippen molar-refractivity contribution in [3.05, 3.63) is 72.9 Å². The van der Waals surface area contributed by atoms with E-state index in [2.05, 4.69) is 74.6 Å². The molecule has 0 bridgehead atoms. The van der Waals surface area contributed by atoms with Gasteiger partial charge in [0.2, 0.25) is 0 Å². The van der Waals surface area contributed by atoms with Crippen LogP contribution in [0.2, 0.25) is 0 Å². The van der Waals surface area contributed by atoms with Crippen LogP contribution in [0.4, 0.5) is 0 Å². The average molecular weight is 697 g/mol. The second-order valence-corrected chi connectivity index (χ2v) is 13.3. The zero-order chi connectivity index (χ0) is 36.4. The van der Waals surface area contributed by atoms with Crippen molar-refractivity contribution in [2.45, 2.75) is 187 Å². The van der Waals surface area contributed by atoms with E-state index in [1.807, 2.05) is 12.2 Å². The third-order valence-corrected chi connectivity index (χ3v) is 8.53. The molecule has 1 atom stereocenters. The van der Waals surface area contributed by atoms with Crippen molar-refractivity contribution in [2.24, 2.45) is 0 Å². The number of unbranched alkanes of at least 4 members (excludes halogenated alkanes) is 16. The van der Waals surface area contributed by atoms with Crippen molar-refractivity contribution >= 4 is 11.9 Å². The van der Waals surface area contributed by atoms with E-state index in [0.29, 0.717) is 12.8 Å². The molecule has 0 saturated heterocycles. The topological polar surface area (TPSA) is 72.8 Å². The number of hydrogen-bond donors (Lipinski definition) is 1. The van der Waals surface area contributed by atoms with Crippen LogP contribution in [-0.2, 0) is 19.1 Å². The van der Waals surface area contributed by atoms with Gasteiger partial charge in [0, 0.05) is 12.8 Å². The third-order valence-electron chi connectivity index (χ3n) is 8.53. The highest BCUT2D eigenvalue weighted by molar-refractivity contribution is 5.70. The lowest BCUT2D eigenvalue weighted by molar-refractivity contribution is -0.161. The number of ether oxygens (including phenoxy) is 2. The first-order valence-corrected chi connectivity index (χ1v) is 20.5. The van der Waals surface area contributed by atoms with Crippen LogP contribution in [0.3, 0.4) is 0 Å². The average Bonchev–Trinajstić information content (AvgIpc) is 3.12. The Hall–Kier alpha value is -2.66. The lowest BCUT2D eigenvalue weighted by atomic mass is 10.0. The van der Waals surface area contributed by atoms with Gasteiger partial charge in [-0.25, -0.2) is 0 Å². The van der Waals surface area contributed by atoms with E-state index >= 15 is 0 Å². The summed E-state index contributed by atoms with van der Waals surface area (Å²) < 4.78 is 10.6. The fraction of sp³-hybridized carbons (Fsp3) is 0.689. The molecule has 0 amide bonds. The third kappa shape index (κ3) is 38.1. The summed E-state index contributed by atoms with van der Waals surface area (Å²) in [4.78, 5) is 24.2. The summed E-state index contributed by atoms with van der Waals surface area (Å²) >= 11 is 0. The van der Waals surface area contributed by atoms with Gasteiger partial charge in [-0.3, -0.25) is 9.59 Å². The molecular formula is C45H76O5. The van der Waals surface area contributed by atoms with Crippen molar-refractivity contribution in [1.29, 1.82) is 0 Å². The molecule has 0 spiro atoms. The van der Waals surface area contributed by atoms with Gasteiger partial charge in [0.1, 0.15) is 6.61 Å². The molecule has 0 unspecified atom stereocenters. The van der Waals surface area contributed by atoms with Crippen LogP contribution >= 0.6 is 0 Å². The highest BCUT2D eigenvalue weighted by Gasteiger charge is 2.15. The molecule has 0 rings (SSSR count). The first-order valence-electron chi connectivity index (χ1n) is 20.5. The molecule has 0 aromatic heterocycles. The molecule has 1 N–H and O–H groups in total. The predicted molar refractivity (Wildman–Crippen MR) is 214 cm³/mol. The van der Waals surface area contributed by atoms with Gasteiger partial charge in [-0.05, 0) is 51.4 Å². The number of aliphatic hydroxyl groups is 1. The van der Waals surface area contributed by atoms with Crippen molar-refractivity contribution in [2.75, 3.05) is 13.2 Å². The Morgan fingerprint density at radius 3 is 1.26 bits per heavy atom. The van der Waals surface area contributed by atoms with Gasteiger partial charge in [-0.15, -0.1) is 0 Å². The zero-order valence-electron chi connectivity index (χ0n) is 32.4. The van der Waals surface area contributed by atoms with Crippen LogP contribution in [0.5, 0.6) is 0 Å². The van der Waals surface area contributed by atoms with E-state index < -0.39 is 6.10 Å². The summed E-state index contributed by atoms with van der Waals surface area (Å²) in [6, 6.07) is 0. The van der Waals surface area contributed by atoms with Crippen molar-refractivity contribution in [1.82, 2.24) is 0 Å². The maximum atomic E-state index is 12.2. The lowest BCUT2D eigenvalue weighted by Crippen LogP contribution is -2.28. The minimum atomic E-state index is -0.803. The van der Waals surface area contributed by atoms with E-state index in [1.165, 1.54) is 89.9 Å². The Morgan fingerprint density at radius 1 is 0.480 bits per heavy atom. The first kappa shape index (κ1) is 47.3. The SMILES string of the molecule is CC/C=C/C/C=C/C/C=C/C/C=C/C/C=C/C/C=C/CCC(=O)OC[C@H](CO)OC(=O)CCCCCCCCCCCCCCCCCCC. The predicted octanol–water partition coefficient (Wildman–Crippen LogP) is 13.0. The van der Waals surface area contributed by atoms with Crippen LogP contribution in [-0.4, -0.2) is 36.4 Å². The van der Waals surface area contributed by atoms with Gasteiger partial charge in [0.25, 0.3) is 0 Å².